The van der Waals surface area contributed by atoms with E-state index in [0.717, 1.165) is 18.5 Å². The van der Waals surface area contributed by atoms with Crippen molar-refractivity contribution in [2.75, 3.05) is 13.1 Å². The third kappa shape index (κ3) is 2.47. The maximum Gasteiger partial charge on any atom is 0.241 e. The molecule has 0 unspecified atom stereocenters. The van der Waals surface area contributed by atoms with Crippen molar-refractivity contribution in [3.05, 3.63) is 47.7 Å². The summed E-state index contributed by atoms with van der Waals surface area (Å²) in [6, 6.07) is 8.11. The molecule has 3 rings (SSSR count). The second-order valence-electron chi connectivity index (χ2n) is 5.13. The zero-order valence-corrected chi connectivity index (χ0v) is 11.6. The summed E-state index contributed by atoms with van der Waals surface area (Å²) >= 11 is 0. The number of carbonyl (C=O) groups excluding carboxylic acids is 1. The van der Waals surface area contributed by atoms with Crippen molar-refractivity contribution in [2.45, 2.75) is 19.4 Å². The maximum atomic E-state index is 11.9. The number of aryl methyl sites for hydroxylation is 1. The van der Waals surface area contributed by atoms with E-state index in [1.54, 1.807) is 0 Å². The number of amides is 1. The van der Waals surface area contributed by atoms with Crippen molar-refractivity contribution in [1.82, 2.24) is 15.6 Å². The topological polar surface area (TPSA) is 56.9 Å². The normalized spacial score (nSPS) is 17.8. The Morgan fingerprint density at radius 3 is 3.05 bits per heavy atom. The van der Waals surface area contributed by atoms with Gasteiger partial charge in [0.25, 0.3) is 0 Å². The highest BCUT2D eigenvalue weighted by atomic mass is 16.2. The monoisotopic (exact) mass is 269 g/mol. The third-order valence-electron chi connectivity index (χ3n) is 3.77. The van der Waals surface area contributed by atoms with E-state index in [-0.39, 0.29) is 11.9 Å². The molecule has 0 saturated heterocycles. The summed E-state index contributed by atoms with van der Waals surface area (Å²) in [4.78, 5) is 15.3. The van der Waals surface area contributed by atoms with Crippen LogP contribution in [0, 0.1) is 6.92 Å². The van der Waals surface area contributed by atoms with Gasteiger partial charge in [-0.25, -0.2) is 0 Å². The molecule has 4 heteroatoms. The van der Waals surface area contributed by atoms with Gasteiger partial charge in [0.2, 0.25) is 5.91 Å². The Hall–Kier alpha value is -2.07. The van der Waals surface area contributed by atoms with Gasteiger partial charge in [0, 0.05) is 29.7 Å². The summed E-state index contributed by atoms with van der Waals surface area (Å²) in [7, 11) is 0. The lowest BCUT2D eigenvalue weighted by atomic mass is 10.1. The standard InChI is InChI=1S/C16H19N3O/c1-11-12(13-5-2-3-6-14(13)19-11)8-10-18-16(20)15-7-4-9-17-15/h2-7,15,17,19H,8-10H2,1H3,(H,18,20)/t15-/m0/s1. The van der Waals surface area contributed by atoms with Crippen LogP contribution in [0.5, 0.6) is 0 Å². The molecule has 1 aliphatic rings. The highest BCUT2D eigenvalue weighted by molar-refractivity contribution is 5.85. The molecule has 0 saturated carbocycles. The highest BCUT2D eigenvalue weighted by Crippen LogP contribution is 2.21. The predicted octanol–water partition coefficient (Wildman–Crippen LogP) is 1.66. The van der Waals surface area contributed by atoms with Crippen LogP contribution in [0.15, 0.2) is 36.4 Å². The van der Waals surface area contributed by atoms with E-state index in [1.807, 2.05) is 24.3 Å². The van der Waals surface area contributed by atoms with Crippen molar-refractivity contribution in [1.29, 1.82) is 0 Å². The van der Waals surface area contributed by atoms with Crippen LogP contribution in [0.25, 0.3) is 10.9 Å². The van der Waals surface area contributed by atoms with Crippen LogP contribution in [0.4, 0.5) is 0 Å². The molecule has 104 valence electrons. The molecule has 0 bridgehead atoms. The van der Waals surface area contributed by atoms with E-state index in [9.17, 15) is 4.79 Å². The fourth-order valence-corrected chi connectivity index (χ4v) is 2.72. The molecule has 1 aromatic carbocycles. The number of hydrogen-bond acceptors (Lipinski definition) is 2. The molecule has 0 radical (unpaired) electrons. The number of nitrogens with one attached hydrogen (secondary N) is 3. The van der Waals surface area contributed by atoms with Gasteiger partial charge < -0.3 is 10.3 Å². The molecule has 20 heavy (non-hydrogen) atoms. The number of hydrogen-bond donors (Lipinski definition) is 3. The number of rotatable bonds is 4. The summed E-state index contributed by atoms with van der Waals surface area (Å²) in [5.74, 6) is 0.0521. The number of fused-ring (bicyclic) bond motifs is 1. The van der Waals surface area contributed by atoms with Gasteiger partial charge >= 0.3 is 0 Å². The zero-order valence-electron chi connectivity index (χ0n) is 11.6. The van der Waals surface area contributed by atoms with E-state index >= 15 is 0 Å². The first-order chi connectivity index (χ1) is 9.75. The molecule has 3 N–H and O–H groups in total. The summed E-state index contributed by atoms with van der Waals surface area (Å²) in [6.45, 7) is 3.52. The van der Waals surface area contributed by atoms with Gasteiger partial charge in [0.05, 0.1) is 0 Å². The molecular formula is C16H19N3O. The van der Waals surface area contributed by atoms with Gasteiger partial charge in [-0.3, -0.25) is 10.1 Å². The smallest absolute Gasteiger partial charge is 0.241 e. The molecule has 4 nitrogen and oxygen atoms in total. The molecule has 1 amide bonds. The Balaban J connectivity index is 1.64. The van der Waals surface area contributed by atoms with E-state index in [2.05, 4.69) is 34.7 Å². The average molecular weight is 269 g/mol. The first-order valence-corrected chi connectivity index (χ1v) is 6.99. The predicted molar refractivity (Wildman–Crippen MR) is 80.7 cm³/mol. The highest BCUT2D eigenvalue weighted by Gasteiger charge is 2.17. The Labute approximate surface area is 118 Å². The molecule has 1 atom stereocenters. The van der Waals surface area contributed by atoms with E-state index < -0.39 is 0 Å². The summed E-state index contributed by atoms with van der Waals surface area (Å²) in [5.41, 5.74) is 3.63. The minimum absolute atomic E-state index is 0.0521. The second-order valence-corrected chi connectivity index (χ2v) is 5.13. The summed E-state index contributed by atoms with van der Waals surface area (Å²) < 4.78 is 0. The molecule has 1 aliphatic heterocycles. The number of carbonyl (C=O) groups is 1. The van der Waals surface area contributed by atoms with Gasteiger partial charge in [0.1, 0.15) is 6.04 Å². The Morgan fingerprint density at radius 2 is 2.25 bits per heavy atom. The average Bonchev–Trinajstić information content (AvgIpc) is 3.07. The van der Waals surface area contributed by atoms with Gasteiger partial charge in [-0.2, -0.15) is 0 Å². The van der Waals surface area contributed by atoms with Crippen molar-refractivity contribution >= 4 is 16.8 Å². The van der Waals surface area contributed by atoms with Crippen LogP contribution in [0.1, 0.15) is 11.3 Å². The lowest BCUT2D eigenvalue weighted by Gasteiger charge is -2.10. The van der Waals surface area contributed by atoms with Gasteiger partial charge in [-0.15, -0.1) is 0 Å². The van der Waals surface area contributed by atoms with E-state index in [0.29, 0.717) is 6.54 Å². The van der Waals surface area contributed by atoms with Crippen LogP contribution >= 0.6 is 0 Å². The molecule has 1 aromatic heterocycles. The van der Waals surface area contributed by atoms with E-state index in [1.165, 1.54) is 16.6 Å². The second kappa shape index (κ2) is 5.51. The SMILES string of the molecule is Cc1[nH]c2ccccc2c1CCNC(=O)[C@@H]1C=CCN1. The first-order valence-electron chi connectivity index (χ1n) is 6.99. The fraction of sp³-hybridized carbons (Fsp3) is 0.312. The Bertz CT molecular complexity index is 657. The largest absolute Gasteiger partial charge is 0.358 e. The summed E-state index contributed by atoms with van der Waals surface area (Å²) in [5, 5.41) is 7.35. The van der Waals surface area contributed by atoms with Crippen molar-refractivity contribution in [3.8, 4) is 0 Å². The van der Waals surface area contributed by atoms with Crippen molar-refractivity contribution in [3.63, 3.8) is 0 Å². The molecular weight excluding hydrogens is 250 g/mol. The lowest BCUT2D eigenvalue weighted by Crippen LogP contribution is -2.41. The number of para-hydroxylation sites is 1. The molecule has 0 aliphatic carbocycles. The molecule has 2 heterocycles. The molecule has 2 aromatic rings. The number of H-pyrrole nitrogens is 1. The van der Waals surface area contributed by atoms with Gasteiger partial charge in [-0.05, 0) is 25.0 Å². The zero-order chi connectivity index (χ0) is 13.9. The van der Waals surface area contributed by atoms with Gasteiger partial charge in [0.15, 0.2) is 0 Å². The number of benzene rings is 1. The van der Waals surface area contributed by atoms with Crippen molar-refractivity contribution < 1.29 is 4.79 Å². The minimum atomic E-state index is -0.168. The van der Waals surface area contributed by atoms with Crippen molar-refractivity contribution in [2.24, 2.45) is 0 Å². The van der Waals surface area contributed by atoms with Crippen LogP contribution in [0.2, 0.25) is 0 Å². The number of aromatic nitrogens is 1. The van der Waals surface area contributed by atoms with Crippen LogP contribution < -0.4 is 10.6 Å². The Morgan fingerprint density at radius 1 is 1.40 bits per heavy atom. The van der Waals surface area contributed by atoms with Crippen LogP contribution in [0.3, 0.4) is 0 Å². The van der Waals surface area contributed by atoms with Gasteiger partial charge in [-0.1, -0.05) is 30.4 Å². The summed E-state index contributed by atoms with van der Waals surface area (Å²) in [6.07, 6.45) is 4.73. The third-order valence-corrected chi connectivity index (χ3v) is 3.77. The molecule has 0 fully saturated rings. The molecule has 0 spiro atoms. The maximum absolute atomic E-state index is 11.9. The Kier molecular flexibility index (Phi) is 3.56. The minimum Gasteiger partial charge on any atom is -0.358 e. The quantitative estimate of drug-likeness (QED) is 0.739. The lowest BCUT2D eigenvalue weighted by molar-refractivity contribution is -0.121. The first kappa shape index (κ1) is 12.9. The van der Waals surface area contributed by atoms with E-state index in [4.69, 9.17) is 0 Å². The van der Waals surface area contributed by atoms with Crippen LogP contribution in [-0.4, -0.2) is 30.0 Å². The van der Waals surface area contributed by atoms with Crippen LogP contribution in [-0.2, 0) is 11.2 Å². The number of aromatic amines is 1. The fourth-order valence-electron chi connectivity index (χ4n) is 2.72.